The van der Waals surface area contributed by atoms with Gasteiger partial charge in [0.2, 0.25) is 0 Å². The van der Waals surface area contributed by atoms with Crippen LogP contribution in [-0.2, 0) is 14.3 Å². The quantitative estimate of drug-likeness (QED) is 0.353. The standard InChI is InChI=1S/C31H27N5O3S/c1-19-18-40-29-25(35-31-33-17-24(34-31)21-14-12-20(16-32)13-15-21)28(37)36(29)26(19)30(38)39-27(22-8-4-2-5-9-22)23-10-6-3-7-11-23/h2-15,24-25,27,29H,17-18H2,1H3,(H2,33,34,35)/t24?,25-,29?/m1/s1. The van der Waals surface area contributed by atoms with E-state index in [2.05, 4.69) is 21.7 Å². The van der Waals surface area contributed by atoms with Crippen LogP contribution in [0.4, 0.5) is 0 Å². The van der Waals surface area contributed by atoms with Crippen LogP contribution in [0.2, 0.25) is 0 Å². The van der Waals surface area contributed by atoms with Crippen LogP contribution in [0.5, 0.6) is 0 Å². The number of benzene rings is 3. The highest BCUT2D eigenvalue weighted by Gasteiger charge is 2.54. The number of hydrogen-bond donors (Lipinski definition) is 2. The third-order valence-electron chi connectivity index (χ3n) is 7.26. The fraction of sp³-hybridized carbons (Fsp3) is 0.226. The van der Waals surface area contributed by atoms with Crippen molar-refractivity contribution in [3.63, 3.8) is 0 Å². The molecule has 0 aromatic heterocycles. The molecule has 1 amide bonds. The highest BCUT2D eigenvalue weighted by Crippen LogP contribution is 2.41. The summed E-state index contributed by atoms with van der Waals surface area (Å²) in [5, 5.41) is 15.4. The Balaban J connectivity index is 1.15. The summed E-state index contributed by atoms with van der Waals surface area (Å²) < 4.78 is 6.11. The molecule has 9 heteroatoms. The summed E-state index contributed by atoms with van der Waals surface area (Å²) in [6, 6.07) is 28.2. The molecule has 3 heterocycles. The molecule has 200 valence electrons. The molecule has 3 aromatic rings. The lowest BCUT2D eigenvalue weighted by molar-refractivity contribution is -0.153. The molecule has 0 saturated carbocycles. The van der Waals surface area contributed by atoms with Gasteiger partial charge in [-0.25, -0.2) is 4.79 Å². The Morgan fingerprint density at radius 3 is 2.35 bits per heavy atom. The molecule has 3 atom stereocenters. The van der Waals surface area contributed by atoms with Gasteiger partial charge in [-0.05, 0) is 41.3 Å². The Morgan fingerprint density at radius 1 is 1.07 bits per heavy atom. The van der Waals surface area contributed by atoms with Crippen LogP contribution in [0, 0.1) is 11.3 Å². The SMILES string of the molecule is CC1=C(C(=O)OC(c2ccccc2)c2ccccc2)N2C(=O)[C@@H](NC3=NCC(c4ccc(C#N)cc4)N3)C2SC1. The van der Waals surface area contributed by atoms with Gasteiger partial charge in [-0.2, -0.15) is 5.26 Å². The maximum absolute atomic E-state index is 13.6. The number of fused-ring (bicyclic) bond motifs is 1. The molecule has 0 spiro atoms. The first kappa shape index (κ1) is 25.7. The van der Waals surface area contributed by atoms with Crippen molar-refractivity contribution in [1.29, 1.82) is 5.26 Å². The zero-order valence-corrected chi connectivity index (χ0v) is 22.6. The van der Waals surface area contributed by atoms with Gasteiger partial charge in [-0.3, -0.25) is 14.7 Å². The third-order valence-corrected chi connectivity index (χ3v) is 8.68. The first-order chi connectivity index (χ1) is 19.5. The lowest BCUT2D eigenvalue weighted by atomic mass is 10.0. The number of carbonyl (C=O) groups is 2. The first-order valence-electron chi connectivity index (χ1n) is 13.1. The van der Waals surface area contributed by atoms with Gasteiger partial charge in [0.25, 0.3) is 5.91 Å². The monoisotopic (exact) mass is 549 g/mol. The maximum atomic E-state index is 13.6. The van der Waals surface area contributed by atoms with Crippen LogP contribution in [0.15, 0.2) is 101 Å². The van der Waals surface area contributed by atoms with E-state index >= 15 is 0 Å². The van der Waals surface area contributed by atoms with Crippen molar-refractivity contribution in [2.45, 2.75) is 30.5 Å². The summed E-state index contributed by atoms with van der Waals surface area (Å²) in [6.45, 7) is 2.40. The molecule has 8 nitrogen and oxygen atoms in total. The van der Waals surface area contributed by atoms with E-state index < -0.39 is 18.1 Å². The molecule has 1 saturated heterocycles. The molecule has 2 unspecified atom stereocenters. The summed E-state index contributed by atoms with van der Waals surface area (Å²) in [5.74, 6) is 0.471. The predicted molar refractivity (Wildman–Crippen MR) is 153 cm³/mol. The zero-order chi connectivity index (χ0) is 27.6. The second kappa shape index (κ2) is 10.9. The van der Waals surface area contributed by atoms with Gasteiger partial charge in [-0.1, -0.05) is 72.8 Å². The number of ether oxygens (including phenoxy) is 1. The Morgan fingerprint density at radius 2 is 1.73 bits per heavy atom. The minimum Gasteiger partial charge on any atom is -0.448 e. The predicted octanol–water partition coefficient (Wildman–Crippen LogP) is 4.04. The van der Waals surface area contributed by atoms with Crippen molar-refractivity contribution >= 4 is 29.6 Å². The van der Waals surface area contributed by atoms with Crippen molar-refractivity contribution in [2.75, 3.05) is 12.3 Å². The smallest absolute Gasteiger partial charge is 0.356 e. The number of thioether (sulfide) groups is 1. The second-order valence-corrected chi connectivity index (χ2v) is 11.0. The number of nitrogens with zero attached hydrogens (tertiary/aromatic N) is 3. The number of rotatable bonds is 6. The van der Waals surface area contributed by atoms with Crippen LogP contribution in [-0.4, -0.2) is 46.4 Å². The molecule has 3 aliphatic rings. The molecule has 3 aromatic carbocycles. The zero-order valence-electron chi connectivity index (χ0n) is 21.8. The lowest BCUT2D eigenvalue weighted by Crippen LogP contribution is -2.71. The Bertz CT molecular complexity index is 1490. The van der Waals surface area contributed by atoms with E-state index in [1.165, 1.54) is 0 Å². The van der Waals surface area contributed by atoms with E-state index in [1.807, 2.05) is 79.7 Å². The number of hydrogen-bond acceptors (Lipinski definition) is 8. The number of nitrogens with one attached hydrogen (secondary N) is 2. The van der Waals surface area contributed by atoms with Gasteiger partial charge in [0.1, 0.15) is 17.1 Å². The van der Waals surface area contributed by atoms with Crippen LogP contribution < -0.4 is 10.6 Å². The van der Waals surface area contributed by atoms with Crippen LogP contribution >= 0.6 is 11.8 Å². The number of amides is 1. The minimum atomic E-state index is -0.593. The van der Waals surface area contributed by atoms with Gasteiger partial charge in [0, 0.05) is 5.75 Å². The molecule has 1 fully saturated rings. The van der Waals surface area contributed by atoms with Crippen LogP contribution in [0.25, 0.3) is 0 Å². The second-order valence-electron chi connectivity index (χ2n) is 9.89. The summed E-state index contributed by atoms with van der Waals surface area (Å²) >= 11 is 1.61. The number of esters is 1. The average molecular weight is 550 g/mol. The Kier molecular flexibility index (Phi) is 7.01. The van der Waals surface area contributed by atoms with Crippen molar-refractivity contribution < 1.29 is 14.3 Å². The molecule has 0 bridgehead atoms. The summed E-state index contributed by atoms with van der Waals surface area (Å²) in [5.41, 5.74) is 4.48. The van der Waals surface area contributed by atoms with Gasteiger partial charge in [0.05, 0.1) is 24.2 Å². The number of aliphatic imine (C=N–C) groups is 1. The van der Waals surface area contributed by atoms with Gasteiger partial charge in [0.15, 0.2) is 12.1 Å². The normalized spacial score (nSPS) is 21.6. The minimum absolute atomic E-state index is 0.0406. The summed E-state index contributed by atoms with van der Waals surface area (Å²) in [4.78, 5) is 33.1. The topological polar surface area (TPSA) is 107 Å². The van der Waals surface area contributed by atoms with Crippen molar-refractivity contribution in [3.05, 3.63) is 118 Å². The first-order valence-corrected chi connectivity index (χ1v) is 14.1. The summed E-state index contributed by atoms with van der Waals surface area (Å²) in [7, 11) is 0. The van der Waals surface area contributed by atoms with E-state index in [0.717, 1.165) is 22.3 Å². The number of guanidine groups is 1. The third kappa shape index (κ3) is 4.82. The molecular weight excluding hydrogens is 522 g/mol. The van der Waals surface area contributed by atoms with Crippen molar-refractivity contribution in [1.82, 2.24) is 15.5 Å². The van der Waals surface area contributed by atoms with Gasteiger partial charge < -0.3 is 15.4 Å². The van der Waals surface area contributed by atoms with E-state index in [0.29, 0.717) is 29.5 Å². The lowest BCUT2D eigenvalue weighted by Gasteiger charge is -2.49. The summed E-state index contributed by atoms with van der Waals surface area (Å²) in [6.07, 6.45) is -0.593. The molecular formula is C31H27N5O3S. The Labute approximate surface area is 236 Å². The highest BCUT2D eigenvalue weighted by atomic mass is 32.2. The van der Waals surface area contributed by atoms with E-state index in [9.17, 15) is 9.59 Å². The molecule has 3 aliphatic heterocycles. The molecule has 0 aliphatic carbocycles. The molecule has 2 N–H and O–H groups in total. The van der Waals surface area contributed by atoms with E-state index in [1.54, 1.807) is 28.8 Å². The van der Waals surface area contributed by atoms with Gasteiger partial charge in [-0.15, -0.1) is 11.8 Å². The average Bonchev–Trinajstić information content (AvgIpc) is 3.48. The number of carbonyl (C=O) groups excluding carboxylic acids is 2. The largest absolute Gasteiger partial charge is 0.448 e. The maximum Gasteiger partial charge on any atom is 0.356 e. The van der Waals surface area contributed by atoms with Crippen LogP contribution in [0.1, 0.15) is 41.3 Å². The highest BCUT2D eigenvalue weighted by molar-refractivity contribution is 8.00. The molecule has 6 rings (SSSR count). The van der Waals surface area contributed by atoms with Crippen molar-refractivity contribution in [2.24, 2.45) is 4.99 Å². The molecule has 0 radical (unpaired) electrons. The fourth-order valence-electron chi connectivity index (χ4n) is 5.16. The fourth-order valence-corrected chi connectivity index (χ4v) is 6.45. The Hall–Kier alpha value is -4.55. The van der Waals surface area contributed by atoms with Crippen LogP contribution in [0.3, 0.4) is 0 Å². The van der Waals surface area contributed by atoms with E-state index in [-0.39, 0.29) is 17.3 Å². The van der Waals surface area contributed by atoms with Gasteiger partial charge >= 0.3 is 5.97 Å². The number of nitriles is 1. The van der Waals surface area contributed by atoms with Crippen molar-refractivity contribution in [3.8, 4) is 6.07 Å². The van der Waals surface area contributed by atoms with E-state index in [4.69, 9.17) is 10.00 Å². The molecule has 40 heavy (non-hydrogen) atoms. The number of β-lactam (4-membered cyclic amide) rings is 1.